The Morgan fingerprint density at radius 3 is 2.59 bits per heavy atom. The van der Waals surface area contributed by atoms with E-state index in [0.717, 1.165) is 18.4 Å². The van der Waals surface area contributed by atoms with Gasteiger partial charge in [-0.2, -0.15) is 0 Å². The molecule has 0 amide bonds. The van der Waals surface area contributed by atoms with Crippen molar-refractivity contribution in [2.75, 3.05) is 6.61 Å². The Bertz CT molecular complexity index is 362. The van der Waals surface area contributed by atoms with Gasteiger partial charge in [-0.3, -0.25) is 0 Å². The Hall–Kier alpha value is -1.24. The number of hydrogen-bond donors (Lipinski definition) is 0. The molecule has 1 aromatic carbocycles. The monoisotopic (exact) mass is 230 g/mol. The third-order valence-corrected chi connectivity index (χ3v) is 3.92. The topological polar surface area (TPSA) is 9.23 Å². The number of benzene rings is 1. The molecule has 0 heterocycles. The molecule has 0 bridgehead atoms. The van der Waals surface area contributed by atoms with Crippen LogP contribution in [0.3, 0.4) is 0 Å². The summed E-state index contributed by atoms with van der Waals surface area (Å²) in [6, 6.07) is 8.81. The zero-order valence-electron chi connectivity index (χ0n) is 10.7. The van der Waals surface area contributed by atoms with Gasteiger partial charge in [0, 0.05) is 0 Å². The molecule has 1 nitrogen and oxygen atoms in total. The lowest BCUT2D eigenvalue weighted by Crippen LogP contribution is -2.17. The van der Waals surface area contributed by atoms with Crippen molar-refractivity contribution in [1.82, 2.24) is 0 Å². The minimum atomic E-state index is 0.730. The molecule has 0 radical (unpaired) electrons. The van der Waals surface area contributed by atoms with Crippen molar-refractivity contribution in [1.29, 1.82) is 0 Å². The second-order valence-electron chi connectivity index (χ2n) is 5.07. The van der Waals surface area contributed by atoms with Gasteiger partial charge in [0.05, 0.1) is 12.9 Å². The predicted octanol–water partition coefficient (Wildman–Crippen LogP) is 4.43. The molecule has 1 aliphatic carbocycles. The van der Waals surface area contributed by atoms with Crippen LogP contribution in [-0.4, -0.2) is 6.61 Å². The van der Waals surface area contributed by atoms with Gasteiger partial charge >= 0.3 is 0 Å². The minimum absolute atomic E-state index is 0.730. The third-order valence-electron chi connectivity index (χ3n) is 3.92. The van der Waals surface area contributed by atoms with Gasteiger partial charge in [-0.25, -0.2) is 0 Å². The fourth-order valence-electron chi connectivity index (χ4n) is 2.89. The Morgan fingerprint density at radius 1 is 1.24 bits per heavy atom. The first-order valence-electron chi connectivity index (χ1n) is 6.59. The molecule has 0 saturated heterocycles. The number of aryl methyl sites for hydroxylation is 1. The van der Waals surface area contributed by atoms with Crippen LogP contribution in [-0.2, 0) is 4.74 Å². The van der Waals surface area contributed by atoms with Crippen LogP contribution in [0.15, 0.2) is 37.1 Å². The lowest BCUT2D eigenvalue weighted by Gasteiger charge is -2.29. The van der Waals surface area contributed by atoms with E-state index < -0.39 is 0 Å². The molecular weight excluding hydrogens is 208 g/mol. The first kappa shape index (κ1) is 12.2. The van der Waals surface area contributed by atoms with Crippen molar-refractivity contribution in [2.45, 2.75) is 38.5 Å². The highest BCUT2D eigenvalue weighted by molar-refractivity contribution is 5.29. The SMILES string of the molecule is C=COCC1CCC(c2ccccc2C)CC1. The Labute approximate surface area is 104 Å². The van der Waals surface area contributed by atoms with E-state index in [1.165, 1.54) is 31.2 Å². The fraction of sp³-hybridized carbons (Fsp3) is 0.500. The third kappa shape index (κ3) is 3.12. The molecule has 0 aromatic heterocycles. The highest BCUT2D eigenvalue weighted by Gasteiger charge is 2.23. The van der Waals surface area contributed by atoms with Crippen LogP contribution in [0.1, 0.15) is 42.7 Å². The lowest BCUT2D eigenvalue weighted by atomic mass is 9.78. The molecule has 1 fully saturated rings. The number of rotatable bonds is 4. The second-order valence-corrected chi connectivity index (χ2v) is 5.07. The Balaban J connectivity index is 1.91. The van der Waals surface area contributed by atoms with Crippen LogP contribution < -0.4 is 0 Å². The molecule has 0 N–H and O–H groups in total. The molecule has 92 valence electrons. The minimum Gasteiger partial charge on any atom is -0.502 e. The zero-order valence-corrected chi connectivity index (χ0v) is 10.7. The lowest BCUT2D eigenvalue weighted by molar-refractivity contribution is 0.160. The largest absolute Gasteiger partial charge is 0.502 e. The predicted molar refractivity (Wildman–Crippen MR) is 72.0 cm³/mol. The van der Waals surface area contributed by atoms with Crippen molar-refractivity contribution in [3.8, 4) is 0 Å². The van der Waals surface area contributed by atoms with Crippen LogP contribution in [0.25, 0.3) is 0 Å². The summed E-state index contributed by atoms with van der Waals surface area (Å²) < 4.78 is 5.30. The Morgan fingerprint density at radius 2 is 1.94 bits per heavy atom. The Kier molecular flexibility index (Phi) is 4.24. The van der Waals surface area contributed by atoms with Gasteiger partial charge < -0.3 is 4.74 Å². The smallest absolute Gasteiger partial charge is 0.0901 e. The highest BCUT2D eigenvalue weighted by Crippen LogP contribution is 2.36. The van der Waals surface area contributed by atoms with Crippen molar-refractivity contribution < 1.29 is 4.74 Å². The quantitative estimate of drug-likeness (QED) is 0.695. The first-order valence-corrected chi connectivity index (χ1v) is 6.59. The molecule has 1 aromatic rings. The van der Waals surface area contributed by atoms with Crippen molar-refractivity contribution in [3.05, 3.63) is 48.2 Å². The summed E-state index contributed by atoms with van der Waals surface area (Å²) in [4.78, 5) is 0. The van der Waals surface area contributed by atoms with Crippen LogP contribution in [0.5, 0.6) is 0 Å². The van der Waals surface area contributed by atoms with Crippen LogP contribution >= 0.6 is 0 Å². The molecule has 2 rings (SSSR count). The summed E-state index contributed by atoms with van der Waals surface area (Å²) in [6.45, 7) is 6.67. The maximum absolute atomic E-state index is 5.30. The van der Waals surface area contributed by atoms with Gasteiger partial charge in [0.25, 0.3) is 0 Å². The van der Waals surface area contributed by atoms with Crippen molar-refractivity contribution >= 4 is 0 Å². The van der Waals surface area contributed by atoms with E-state index >= 15 is 0 Å². The molecule has 1 heteroatoms. The molecule has 0 spiro atoms. The summed E-state index contributed by atoms with van der Waals surface area (Å²) in [5, 5.41) is 0. The van der Waals surface area contributed by atoms with Gasteiger partial charge in [0.1, 0.15) is 0 Å². The van der Waals surface area contributed by atoms with Crippen LogP contribution in [0.2, 0.25) is 0 Å². The molecule has 0 atom stereocenters. The molecule has 1 aliphatic rings. The van der Waals surface area contributed by atoms with E-state index in [2.05, 4.69) is 37.8 Å². The molecule has 0 aliphatic heterocycles. The normalized spacial score (nSPS) is 24.3. The maximum Gasteiger partial charge on any atom is 0.0901 e. The summed E-state index contributed by atoms with van der Waals surface area (Å²) in [7, 11) is 0. The first-order chi connectivity index (χ1) is 8.31. The maximum atomic E-state index is 5.30. The number of ether oxygens (including phenoxy) is 1. The van der Waals surface area contributed by atoms with E-state index in [1.807, 2.05) is 0 Å². The summed E-state index contributed by atoms with van der Waals surface area (Å²) in [6.07, 6.45) is 6.74. The molecular formula is C16H22O. The average molecular weight is 230 g/mol. The fourth-order valence-corrected chi connectivity index (χ4v) is 2.89. The summed E-state index contributed by atoms with van der Waals surface area (Å²) in [5.74, 6) is 1.49. The highest BCUT2D eigenvalue weighted by atomic mass is 16.5. The second kappa shape index (κ2) is 5.90. The van der Waals surface area contributed by atoms with Crippen molar-refractivity contribution in [2.24, 2.45) is 5.92 Å². The van der Waals surface area contributed by atoms with E-state index in [9.17, 15) is 0 Å². The molecule has 17 heavy (non-hydrogen) atoms. The summed E-state index contributed by atoms with van der Waals surface area (Å²) >= 11 is 0. The van der Waals surface area contributed by atoms with Gasteiger partial charge in [0.2, 0.25) is 0 Å². The van der Waals surface area contributed by atoms with Crippen LogP contribution in [0.4, 0.5) is 0 Å². The zero-order chi connectivity index (χ0) is 12.1. The molecule has 0 unspecified atom stereocenters. The van der Waals surface area contributed by atoms with Gasteiger partial charge in [0.15, 0.2) is 0 Å². The van der Waals surface area contributed by atoms with E-state index in [-0.39, 0.29) is 0 Å². The summed E-state index contributed by atoms with van der Waals surface area (Å²) in [5.41, 5.74) is 2.99. The van der Waals surface area contributed by atoms with Crippen LogP contribution in [0, 0.1) is 12.8 Å². The van der Waals surface area contributed by atoms with E-state index in [0.29, 0.717) is 0 Å². The number of hydrogen-bond acceptors (Lipinski definition) is 1. The van der Waals surface area contributed by atoms with E-state index in [4.69, 9.17) is 4.74 Å². The molecule has 1 saturated carbocycles. The van der Waals surface area contributed by atoms with Crippen molar-refractivity contribution in [3.63, 3.8) is 0 Å². The van der Waals surface area contributed by atoms with E-state index in [1.54, 1.807) is 11.8 Å². The average Bonchev–Trinajstić information content (AvgIpc) is 2.38. The van der Waals surface area contributed by atoms with Gasteiger partial charge in [-0.05, 0) is 55.6 Å². The standard InChI is InChI=1S/C16H22O/c1-3-17-12-14-8-10-15(11-9-14)16-7-5-4-6-13(16)2/h3-7,14-15H,1,8-12H2,2H3. The van der Waals surface area contributed by atoms with Gasteiger partial charge in [-0.15, -0.1) is 0 Å². The van der Waals surface area contributed by atoms with Gasteiger partial charge in [-0.1, -0.05) is 30.8 Å².